The molecule has 0 bridgehead atoms. The van der Waals surface area contributed by atoms with Crippen LogP contribution in [0.25, 0.3) is 0 Å². The van der Waals surface area contributed by atoms with Gasteiger partial charge in [0.2, 0.25) is 0 Å². The van der Waals surface area contributed by atoms with Crippen LogP contribution in [-0.4, -0.2) is 22.9 Å². The number of aromatic nitrogens is 2. The fraction of sp³-hybridized carbons (Fsp3) is 0.667. The molecule has 102 valence electrons. The summed E-state index contributed by atoms with van der Waals surface area (Å²) in [5.74, 6) is 0.682. The average Bonchev–Trinajstić information content (AvgIpc) is 2.76. The van der Waals surface area contributed by atoms with Gasteiger partial charge in [-0.05, 0) is 31.4 Å². The molecule has 0 amide bonds. The van der Waals surface area contributed by atoms with Crippen molar-refractivity contribution in [2.75, 3.05) is 13.1 Å². The lowest BCUT2D eigenvalue weighted by Gasteiger charge is -2.26. The van der Waals surface area contributed by atoms with E-state index < -0.39 is 0 Å². The Labute approximate surface area is 111 Å². The number of rotatable bonds is 8. The monoisotopic (exact) mass is 249 g/mol. The zero-order chi connectivity index (χ0) is 13.6. The zero-order valence-electron chi connectivity index (χ0n) is 12.2. The van der Waals surface area contributed by atoms with Crippen molar-refractivity contribution < 1.29 is 0 Å². The van der Waals surface area contributed by atoms with Crippen molar-refractivity contribution >= 4 is 0 Å². The summed E-state index contributed by atoms with van der Waals surface area (Å²) >= 11 is 0. The highest BCUT2D eigenvalue weighted by Crippen LogP contribution is 2.23. The van der Waals surface area contributed by atoms with E-state index in [1.807, 2.05) is 10.9 Å². The Morgan fingerprint density at radius 3 is 2.78 bits per heavy atom. The van der Waals surface area contributed by atoms with Gasteiger partial charge in [-0.1, -0.05) is 26.8 Å². The van der Waals surface area contributed by atoms with Crippen molar-refractivity contribution in [3.8, 4) is 0 Å². The molecule has 1 aromatic rings. The molecule has 0 aliphatic heterocycles. The number of nitrogens with zero attached hydrogens (tertiary/aromatic N) is 2. The molecule has 0 aliphatic rings. The molecule has 0 spiro atoms. The lowest BCUT2D eigenvalue weighted by Crippen LogP contribution is -2.33. The predicted octanol–water partition coefficient (Wildman–Crippen LogP) is 2.88. The first-order chi connectivity index (χ1) is 8.49. The summed E-state index contributed by atoms with van der Waals surface area (Å²) in [6.45, 7) is 15.7. The molecule has 1 heterocycles. The number of nitrogens with one attached hydrogen (secondary N) is 1. The minimum atomic E-state index is 0.0937. The summed E-state index contributed by atoms with van der Waals surface area (Å²) in [7, 11) is 0. The Kier molecular flexibility index (Phi) is 5.60. The average molecular weight is 249 g/mol. The van der Waals surface area contributed by atoms with E-state index in [4.69, 9.17) is 0 Å². The van der Waals surface area contributed by atoms with Crippen molar-refractivity contribution in [2.45, 2.75) is 40.7 Å². The molecule has 1 N–H and O–H groups in total. The van der Waals surface area contributed by atoms with E-state index in [1.165, 1.54) is 5.56 Å². The molecular formula is C15H27N3. The van der Waals surface area contributed by atoms with Crippen molar-refractivity contribution in [2.24, 2.45) is 11.3 Å². The van der Waals surface area contributed by atoms with E-state index in [1.54, 1.807) is 0 Å². The maximum Gasteiger partial charge on any atom is 0.0522 e. The maximum absolute atomic E-state index is 4.32. The van der Waals surface area contributed by atoms with E-state index in [0.29, 0.717) is 5.92 Å². The van der Waals surface area contributed by atoms with Crippen molar-refractivity contribution in [3.05, 3.63) is 30.6 Å². The van der Waals surface area contributed by atoms with Crippen LogP contribution >= 0.6 is 0 Å². The molecule has 1 atom stereocenters. The van der Waals surface area contributed by atoms with Crippen LogP contribution in [-0.2, 0) is 13.0 Å². The molecule has 0 fully saturated rings. The van der Waals surface area contributed by atoms with Gasteiger partial charge in [0.25, 0.3) is 0 Å². The van der Waals surface area contributed by atoms with Gasteiger partial charge < -0.3 is 5.32 Å². The molecule has 0 saturated heterocycles. The molecule has 3 heteroatoms. The first-order valence-corrected chi connectivity index (χ1v) is 6.84. The normalized spacial score (nSPS) is 14.7. The first kappa shape index (κ1) is 15.0. The number of hydrogen-bond acceptors (Lipinski definition) is 2. The Morgan fingerprint density at radius 2 is 2.28 bits per heavy atom. The molecular weight excluding hydrogens is 222 g/mol. The van der Waals surface area contributed by atoms with Gasteiger partial charge in [-0.25, -0.2) is 0 Å². The SMILES string of the molecule is C=CC(C)(CNCC(C)C)Cc1cnn(CC)c1. The summed E-state index contributed by atoms with van der Waals surface area (Å²) in [6, 6.07) is 0. The van der Waals surface area contributed by atoms with Crippen molar-refractivity contribution in [1.82, 2.24) is 15.1 Å². The second kappa shape index (κ2) is 6.74. The largest absolute Gasteiger partial charge is 0.316 e. The lowest BCUT2D eigenvalue weighted by atomic mass is 9.84. The first-order valence-electron chi connectivity index (χ1n) is 6.84. The molecule has 3 nitrogen and oxygen atoms in total. The van der Waals surface area contributed by atoms with Crippen LogP contribution in [0.2, 0.25) is 0 Å². The van der Waals surface area contributed by atoms with E-state index in [9.17, 15) is 0 Å². The van der Waals surface area contributed by atoms with Gasteiger partial charge >= 0.3 is 0 Å². The van der Waals surface area contributed by atoms with Gasteiger partial charge in [-0.2, -0.15) is 5.10 Å². The van der Waals surface area contributed by atoms with E-state index in [2.05, 4.69) is 57.0 Å². The quantitative estimate of drug-likeness (QED) is 0.718. The highest BCUT2D eigenvalue weighted by atomic mass is 15.3. The summed E-state index contributed by atoms with van der Waals surface area (Å²) in [5, 5.41) is 7.84. The molecule has 1 unspecified atom stereocenters. The number of hydrogen-bond donors (Lipinski definition) is 1. The van der Waals surface area contributed by atoms with Gasteiger partial charge in [-0.15, -0.1) is 6.58 Å². The van der Waals surface area contributed by atoms with Gasteiger partial charge in [0.1, 0.15) is 0 Å². The minimum absolute atomic E-state index is 0.0937. The smallest absolute Gasteiger partial charge is 0.0522 e. The van der Waals surface area contributed by atoms with Crippen LogP contribution in [0.5, 0.6) is 0 Å². The highest BCUT2D eigenvalue weighted by Gasteiger charge is 2.21. The third kappa shape index (κ3) is 4.65. The van der Waals surface area contributed by atoms with Gasteiger partial charge in [-0.3, -0.25) is 4.68 Å². The highest BCUT2D eigenvalue weighted by molar-refractivity contribution is 5.11. The maximum atomic E-state index is 4.32. The number of aryl methyl sites for hydroxylation is 1. The summed E-state index contributed by atoms with van der Waals surface area (Å²) in [5.41, 5.74) is 1.38. The van der Waals surface area contributed by atoms with Gasteiger partial charge in [0, 0.05) is 24.7 Å². The second-order valence-electron chi connectivity index (χ2n) is 5.76. The molecule has 1 rings (SSSR count). The van der Waals surface area contributed by atoms with Gasteiger partial charge in [0.15, 0.2) is 0 Å². The lowest BCUT2D eigenvalue weighted by molar-refractivity contribution is 0.378. The van der Waals surface area contributed by atoms with Crippen LogP contribution in [0.15, 0.2) is 25.0 Å². The molecule has 0 radical (unpaired) electrons. The summed E-state index contributed by atoms with van der Waals surface area (Å²) in [4.78, 5) is 0. The summed E-state index contributed by atoms with van der Waals surface area (Å²) in [6.07, 6.45) is 7.14. The van der Waals surface area contributed by atoms with Gasteiger partial charge in [0.05, 0.1) is 6.20 Å². The topological polar surface area (TPSA) is 29.9 Å². The fourth-order valence-corrected chi connectivity index (χ4v) is 1.99. The Morgan fingerprint density at radius 1 is 1.56 bits per heavy atom. The van der Waals surface area contributed by atoms with Crippen molar-refractivity contribution in [1.29, 1.82) is 0 Å². The van der Waals surface area contributed by atoms with Crippen LogP contribution in [0, 0.1) is 11.3 Å². The van der Waals surface area contributed by atoms with Crippen LogP contribution in [0.3, 0.4) is 0 Å². The van der Waals surface area contributed by atoms with Crippen LogP contribution in [0.1, 0.15) is 33.3 Å². The van der Waals surface area contributed by atoms with E-state index in [-0.39, 0.29) is 5.41 Å². The Bertz CT molecular complexity index is 368. The third-order valence-electron chi connectivity index (χ3n) is 3.19. The Balaban J connectivity index is 2.55. The second-order valence-corrected chi connectivity index (χ2v) is 5.76. The zero-order valence-corrected chi connectivity index (χ0v) is 12.2. The summed E-state index contributed by atoms with van der Waals surface area (Å²) < 4.78 is 1.97. The molecule has 0 saturated carbocycles. The third-order valence-corrected chi connectivity index (χ3v) is 3.19. The Hall–Kier alpha value is -1.09. The minimum Gasteiger partial charge on any atom is -0.316 e. The molecule has 0 aromatic carbocycles. The molecule has 18 heavy (non-hydrogen) atoms. The standard InChI is InChI=1S/C15H27N3/c1-6-15(5,12-16-9-13(3)4)8-14-10-17-18(7-2)11-14/h6,10-11,13,16H,1,7-9,12H2,2-5H3. The predicted molar refractivity (Wildman–Crippen MR) is 77.6 cm³/mol. The van der Waals surface area contributed by atoms with E-state index in [0.717, 1.165) is 26.1 Å². The van der Waals surface area contributed by atoms with E-state index >= 15 is 0 Å². The molecule has 1 aromatic heterocycles. The fourth-order valence-electron chi connectivity index (χ4n) is 1.99. The van der Waals surface area contributed by atoms with Crippen molar-refractivity contribution in [3.63, 3.8) is 0 Å². The van der Waals surface area contributed by atoms with Crippen LogP contribution in [0.4, 0.5) is 0 Å². The van der Waals surface area contributed by atoms with Crippen LogP contribution < -0.4 is 5.32 Å². The molecule has 0 aliphatic carbocycles.